The van der Waals surface area contributed by atoms with Crippen LogP contribution >= 0.6 is 0 Å². The number of rotatable bonds is 3. The number of halogens is 1. The molecule has 0 N–H and O–H groups in total. The maximum Gasteiger partial charge on any atom is 0.256 e. The molecule has 0 bridgehead atoms. The van der Waals surface area contributed by atoms with Gasteiger partial charge in [0.25, 0.3) is 5.91 Å². The summed E-state index contributed by atoms with van der Waals surface area (Å²) < 4.78 is 15.9. The van der Waals surface area contributed by atoms with Crippen molar-refractivity contribution in [2.24, 2.45) is 0 Å². The Hall–Kier alpha value is -2.96. The molecule has 2 aromatic heterocycles. The summed E-state index contributed by atoms with van der Waals surface area (Å²) in [5, 5.41) is 4.72. The van der Waals surface area contributed by atoms with Gasteiger partial charge >= 0.3 is 0 Å². The number of carbonyl (C=O) groups is 1. The highest BCUT2D eigenvalue weighted by molar-refractivity contribution is 5.94. The van der Waals surface area contributed by atoms with Crippen molar-refractivity contribution in [3.63, 3.8) is 0 Å². The van der Waals surface area contributed by atoms with Crippen LogP contribution in [0, 0.1) is 5.82 Å². The quantitative estimate of drug-likeness (QED) is 0.684. The van der Waals surface area contributed by atoms with Gasteiger partial charge in [0.15, 0.2) is 11.5 Å². The van der Waals surface area contributed by atoms with Crippen molar-refractivity contribution < 1.29 is 9.18 Å². The fourth-order valence-corrected chi connectivity index (χ4v) is 4.40. The molecule has 3 aromatic rings. The Balaban J connectivity index is 1.37. The highest BCUT2D eigenvalue weighted by atomic mass is 19.1. The van der Waals surface area contributed by atoms with E-state index in [1.54, 1.807) is 23.1 Å². The number of anilines is 1. The van der Waals surface area contributed by atoms with Crippen LogP contribution in [0.3, 0.4) is 0 Å². The zero-order valence-electron chi connectivity index (χ0n) is 16.3. The summed E-state index contributed by atoms with van der Waals surface area (Å²) in [6, 6.07) is 10.3. The van der Waals surface area contributed by atoms with E-state index >= 15 is 0 Å². The van der Waals surface area contributed by atoms with Crippen molar-refractivity contribution >= 4 is 17.2 Å². The number of pyridine rings is 1. The first-order valence-electron chi connectivity index (χ1n) is 10.3. The number of aromatic nitrogens is 3. The zero-order chi connectivity index (χ0) is 19.8. The molecule has 6 nitrogen and oxygen atoms in total. The van der Waals surface area contributed by atoms with Crippen LogP contribution in [0.25, 0.3) is 5.65 Å². The normalized spacial score (nSPS) is 19.8. The van der Waals surface area contributed by atoms with Gasteiger partial charge in [0.2, 0.25) is 0 Å². The van der Waals surface area contributed by atoms with Crippen molar-refractivity contribution in [2.75, 3.05) is 31.1 Å². The van der Waals surface area contributed by atoms with E-state index in [0.29, 0.717) is 13.1 Å². The summed E-state index contributed by atoms with van der Waals surface area (Å²) in [6.07, 6.45) is 6.29. The fourth-order valence-electron chi connectivity index (χ4n) is 4.40. The third kappa shape index (κ3) is 3.45. The standard InChI is InChI=1S/C22H24FN5O/c23-19-8-2-1-7-18(19)22(29)27-13-5-6-16(14-27)21-24-20-10-9-17(15-28(20)25-21)26-11-3-4-12-26/h1-2,7-10,15-16H,3-6,11-14H2. The van der Waals surface area contributed by atoms with Crippen molar-refractivity contribution in [1.82, 2.24) is 19.5 Å². The summed E-state index contributed by atoms with van der Waals surface area (Å²) in [7, 11) is 0. The highest BCUT2D eigenvalue weighted by Crippen LogP contribution is 2.27. The van der Waals surface area contributed by atoms with Crippen LogP contribution in [-0.2, 0) is 0 Å². The van der Waals surface area contributed by atoms with Gasteiger partial charge in [-0.15, -0.1) is 0 Å². The van der Waals surface area contributed by atoms with E-state index in [9.17, 15) is 9.18 Å². The molecule has 1 atom stereocenters. The van der Waals surface area contributed by atoms with Crippen LogP contribution in [0.4, 0.5) is 10.1 Å². The number of benzene rings is 1. The average Bonchev–Trinajstić information content (AvgIpc) is 3.43. The Labute approximate surface area is 168 Å². The van der Waals surface area contributed by atoms with Gasteiger partial charge in [-0.25, -0.2) is 13.9 Å². The van der Waals surface area contributed by atoms with Gasteiger partial charge in [-0.2, -0.15) is 5.10 Å². The zero-order valence-corrected chi connectivity index (χ0v) is 16.3. The molecule has 1 aromatic carbocycles. The second-order valence-electron chi connectivity index (χ2n) is 7.92. The number of piperidine rings is 1. The average molecular weight is 393 g/mol. The van der Waals surface area contributed by atoms with Gasteiger partial charge in [0.1, 0.15) is 5.82 Å². The van der Waals surface area contributed by atoms with E-state index < -0.39 is 5.82 Å². The SMILES string of the molecule is O=C(c1ccccc1F)N1CCCC(c2nc3ccc(N4CCCC4)cn3n2)C1. The minimum Gasteiger partial charge on any atom is -0.370 e. The molecule has 0 aliphatic carbocycles. The number of carbonyl (C=O) groups excluding carboxylic acids is 1. The van der Waals surface area contributed by atoms with E-state index in [2.05, 4.69) is 11.0 Å². The van der Waals surface area contributed by atoms with E-state index in [1.807, 2.05) is 16.8 Å². The maximum atomic E-state index is 14.0. The number of likely N-dealkylation sites (tertiary alicyclic amines) is 1. The van der Waals surface area contributed by atoms with Gasteiger partial charge in [-0.1, -0.05) is 12.1 Å². The lowest BCUT2D eigenvalue weighted by molar-refractivity contribution is 0.0700. The molecular formula is C22H24FN5O. The molecule has 150 valence electrons. The number of fused-ring (bicyclic) bond motifs is 1. The van der Waals surface area contributed by atoms with Crippen molar-refractivity contribution in [2.45, 2.75) is 31.6 Å². The minimum atomic E-state index is -0.472. The molecule has 2 aliphatic rings. The van der Waals surface area contributed by atoms with Gasteiger partial charge in [0, 0.05) is 32.1 Å². The molecule has 4 heterocycles. The number of amides is 1. The van der Waals surface area contributed by atoms with Crippen molar-refractivity contribution in [1.29, 1.82) is 0 Å². The fraction of sp³-hybridized carbons (Fsp3) is 0.409. The van der Waals surface area contributed by atoms with Crippen LogP contribution in [0.2, 0.25) is 0 Å². The molecule has 7 heteroatoms. The molecule has 2 aliphatic heterocycles. The summed E-state index contributed by atoms with van der Waals surface area (Å²) in [6.45, 7) is 3.32. The van der Waals surface area contributed by atoms with Crippen LogP contribution in [-0.4, -0.2) is 51.6 Å². The molecule has 2 fully saturated rings. The summed E-state index contributed by atoms with van der Waals surface area (Å²) in [5.41, 5.74) is 2.12. The topological polar surface area (TPSA) is 53.7 Å². The minimum absolute atomic E-state index is 0.0645. The van der Waals surface area contributed by atoms with Crippen LogP contribution < -0.4 is 4.90 Å². The number of nitrogens with zero attached hydrogens (tertiary/aromatic N) is 5. The molecule has 5 rings (SSSR count). The van der Waals surface area contributed by atoms with Gasteiger partial charge in [-0.05, 0) is 49.9 Å². The van der Waals surface area contributed by atoms with Gasteiger partial charge in [-0.3, -0.25) is 4.79 Å². The Morgan fingerprint density at radius 2 is 1.86 bits per heavy atom. The van der Waals surface area contributed by atoms with E-state index in [4.69, 9.17) is 10.1 Å². The van der Waals surface area contributed by atoms with Crippen LogP contribution in [0.5, 0.6) is 0 Å². The predicted octanol–water partition coefficient (Wildman–Crippen LogP) is 3.49. The lowest BCUT2D eigenvalue weighted by Crippen LogP contribution is -2.39. The lowest BCUT2D eigenvalue weighted by atomic mass is 9.96. The predicted molar refractivity (Wildman–Crippen MR) is 109 cm³/mol. The molecule has 2 saturated heterocycles. The smallest absolute Gasteiger partial charge is 0.256 e. The Bertz CT molecular complexity index is 1040. The third-order valence-electron chi connectivity index (χ3n) is 5.98. The first-order valence-corrected chi connectivity index (χ1v) is 10.3. The summed E-state index contributed by atoms with van der Waals surface area (Å²) >= 11 is 0. The van der Waals surface area contributed by atoms with E-state index in [0.717, 1.165) is 37.4 Å². The van der Waals surface area contributed by atoms with Gasteiger partial charge < -0.3 is 9.80 Å². The first kappa shape index (κ1) is 18.1. The summed E-state index contributed by atoms with van der Waals surface area (Å²) in [5.74, 6) is 0.0945. The van der Waals surface area contributed by atoms with Gasteiger partial charge in [0.05, 0.1) is 17.4 Å². The van der Waals surface area contributed by atoms with Crippen LogP contribution in [0.15, 0.2) is 42.6 Å². The molecule has 0 radical (unpaired) electrons. The number of hydrogen-bond acceptors (Lipinski definition) is 4. The summed E-state index contributed by atoms with van der Waals surface area (Å²) in [4.78, 5) is 21.6. The molecule has 1 unspecified atom stereocenters. The molecule has 29 heavy (non-hydrogen) atoms. The molecule has 1 amide bonds. The van der Waals surface area contributed by atoms with E-state index in [1.165, 1.54) is 24.6 Å². The third-order valence-corrected chi connectivity index (χ3v) is 5.98. The maximum absolute atomic E-state index is 14.0. The lowest BCUT2D eigenvalue weighted by Gasteiger charge is -2.31. The Morgan fingerprint density at radius 1 is 1.03 bits per heavy atom. The Morgan fingerprint density at radius 3 is 2.69 bits per heavy atom. The van der Waals surface area contributed by atoms with Crippen molar-refractivity contribution in [3.8, 4) is 0 Å². The largest absolute Gasteiger partial charge is 0.370 e. The second kappa shape index (κ2) is 7.46. The monoisotopic (exact) mass is 393 g/mol. The Kier molecular flexibility index (Phi) is 4.66. The highest BCUT2D eigenvalue weighted by Gasteiger charge is 2.29. The number of hydrogen-bond donors (Lipinski definition) is 0. The molecule has 0 saturated carbocycles. The molecule has 0 spiro atoms. The molecular weight excluding hydrogens is 369 g/mol. The van der Waals surface area contributed by atoms with E-state index in [-0.39, 0.29) is 17.4 Å². The first-order chi connectivity index (χ1) is 14.2. The second-order valence-corrected chi connectivity index (χ2v) is 7.92. The van der Waals surface area contributed by atoms with Crippen LogP contribution in [0.1, 0.15) is 47.8 Å². The van der Waals surface area contributed by atoms with Crippen molar-refractivity contribution in [3.05, 3.63) is 59.8 Å².